The lowest BCUT2D eigenvalue weighted by molar-refractivity contribution is -0.132. The van der Waals surface area contributed by atoms with Crippen LogP contribution in [0.25, 0.3) is 33.2 Å². The van der Waals surface area contributed by atoms with Crippen LogP contribution >= 0.6 is 0 Å². The third-order valence-corrected chi connectivity index (χ3v) is 5.53. The summed E-state index contributed by atoms with van der Waals surface area (Å²) in [5.41, 5.74) is 3.45. The number of benzene rings is 1. The number of nitrogens with one attached hydrogen (secondary N) is 2. The normalized spacial score (nSPS) is 17.2. The third kappa shape index (κ3) is 3.66. The van der Waals surface area contributed by atoms with Gasteiger partial charge in [0.05, 0.1) is 5.52 Å². The second-order valence-corrected chi connectivity index (χ2v) is 7.68. The van der Waals surface area contributed by atoms with E-state index in [1.165, 1.54) is 4.68 Å². The van der Waals surface area contributed by atoms with Crippen LogP contribution in [-0.2, 0) is 11.3 Å². The zero-order chi connectivity index (χ0) is 21.5. The highest BCUT2D eigenvalue weighted by molar-refractivity contribution is 5.95. The van der Waals surface area contributed by atoms with E-state index >= 15 is 0 Å². The number of hydrogen-bond acceptors (Lipinski definition) is 6. The number of carbonyl (C=O) groups excluding carboxylic acids is 1. The van der Waals surface area contributed by atoms with Crippen molar-refractivity contribution in [3.63, 3.8) is 0 Å². The largest absolute Gasteiger partial charge is 0.350 e. The van der Waals surface area contributed by atoms with Gasteiger partial charge in [0, 0.05) is 49.4 Å². The number of alkyl halides is 2. The highest BCUT2D eigenvalue weighted by Crippen LogP contribution is 2.30. The molecule has 1 aliphatic rings. The Morgan fingerprint density at radius 3 is 3.03 bits per heavy atom. The van der Waals surface area contributed by atoms with Crippen molar-refractivity contribution >= 4 is 33.9 Å². The quantitative estimate of drug-likeness (QED) is 0.508. The first-order valence-electron chi connectivity index (χ1n) is 9.94. The number of anilines is 1. The van der Waals surface area contributed by atoms with Gasteiger partial charge >= 0.3 is 0 Å². The average molecular weight is 426 g/mol. The number of likely N-dealkylation sites (tertiary alicyclic amines) is 1. The number of nitrogens with zero attached hydrogens (tertiary/aromatic N) is 6. The molecule has 5 rings (SSSR count). The predicted octanol–water partition coefficient (Wildman–Crippen LogP) is 2.67. The number of likely N-dealkylation sites (N-methyl/N-ethyl adjacent to an activating group) is 1. The molecule has 0 aliphatic carbocycles. The van der Waals surface area contributed by atoms with E-state index in [0.29, 0.717) is 35.6 Å². The summed E-state index contributed by atoms with van der Waals surface area (Å²) in [7, 11) is 1.79. The van der Waals surface area contributed by atoms with E-state index in [1.54, 1.807) is 30.3 Å². The number of amides is 1. The summed E-state index contributed by atoms with van der Waals surface area (Å²) in [4.78, 5) is 25.5. The number of rotatable bonds is 5. The fourth-order valence-electron chi connectivity index (χ4n) is 3.93. The van der Waals surface area contributed by atoms with Crippen molar-refractivity contribution < 1.29 is 13.6 Å². The number of halogens is 2. The van der Waals surface area contributed by atoms with Crippen LogP contribution in [0, 0.1) is 0 Å². The van der Waals surface area contributed by atoms with Crippen LogP contribution in [-0.4, -0.2) is 66.8 Å². The van der Waals surface area contributed by atoms with Crippen molar-refractivity contribution in [3.8, 4) is 11.1 Å². The first-order valence-corrected chi connectivity index (χ1v) is 9.94. The maximum absolute atomic E-state index is 12.8. The first kappa shape index (κ1) is 19.3. The smallest absolute Gasteiger partial charge is 0.258 e. The van der Waals surface area contributed by atoms with Crippen molar-refractivity contribution in [1.82, 2.24) is 34.8 Å². The monoisotopic (exact) mass is 426 g/mol. The molecule has 1 fully saturated rings. The van der Waals surface area contributed by atoms with Crippen LogP contribution in [0.15, 0.2) is 30.6 Å². The van der Waals surface area contributed by atoms with Crippen LogP contribution in [0.2, 0.25) is 0 Å². The van der Waals surface area contributed by atoms with Crippen molar-refractivity contribution in [1.29, 1.82) is 0 Å². The second kappa shape index (κ2) is 7.56. The van der Waals surface area contributed by atoms with Gasteiger partial charge in [-0.1, -0.05) is 11.3 Å². The minimum atomic E-state index is -2.51. The van der Waals surface area contributed by atoms with Gasteiger partial charge in [0.25, 0.3) is 6.43 Å². The standard InChI is InChI=1S/C20H20F2N8O/c1-29-9-12(3-5-18(29)31)25-20-24-8-14-13(7-23-19(14)26-20)11-2-4-15-16(6-11)30(28-27-15)10-17(21)22/h2,4,6-8,12,17H,3,5,9-10H2,1H3,(H2,23,24,25,26). The summed E-state index contributed by atoms with van der Waals surface area (Å²) in [6, 6.07) is 5.52. The summed E-state index contributed by atoms with van der Waals surface area (Å²) in [5, 5.41) is 11.9. The molecule has 0 saturated carbocycles. The Hall–Kier alpha value is -3.63. The molecule has 1 unspecified atom stereocenters. The second-order valence-electron chi connectivity index (χ2n) is 7.68. The van der Waals surface area contributed by atoms with Gasteiger partial charge in [0.1, 0.15) is 17.7 Å². The van der Waals surface area contributed by atoms with Crippen LogP contribution in [0.5, 0.6) is 0 Å². The molecular weight excluding hydrogens is 406 g/mol. The lowest BCUT2D eigenvalue weighted by Gasteiger charge is -2.30. The Kier molecular flexibility index (Phi) is 4.72. The van der Waals surface area contributed by atoms with Crippen LogP contribution in [0.1, 0.15) is 12.8 Å². The van der Waals surface area contributed by atoms with Gasteiger partial charge in [0.2, 0.25) is 11.9 Å². The molecule has 0 radical (unpaired) electrons. The summed E-state index contributed by atoms with van der Waals surface area (Å²) in [6.07, 6.45) is 2.28. The topological polar surface area (TPSA) is 105 Å². The SMILES string of the molecule is CN1CC(Nc2ncc3c(-c4ccc5nnn(CC(F)F)c5c4)c[nH]c3n2)CCC1=O. The Morgan fingerprint density at radius 2 is 2.23 bits per heavy atom. The fraction of sp³-hybridized carbons (Fsp3) is 0.350. The van der Waals surface area contributed by atoms with Crippen molar-refractivity contribution in [2.45, 2.75) is 31.9 Å². The first-order chi connectivity index (χ1) is 15.0. The lowest BCUT2D eigenvalue weighted by Crippen LogP contribution is -2.43. The highest BCUT2D eigenvalue weighted by Gasteiger charge is 2.23. The zero-order valence-corrected chi connectivity index (χ0v) is 16.7. The summed E-state index contributed by atoms with van der Waals surface area (Å²) >= 11 is 0. The minimum absolute atomic E-state index is 0.0969. The van der Waals surface area contributed by atoms with Crippen LogP contribution < -0.4 is 5.32 Å². The molecule has 2 N–H and O–H groups in total. The average Bonchev–Trinajstić information content (AvgIpc) is 3.34. The van der Waals surface area contributed by atoms with Crippen LogP contribution in [0.3, 0.4) is 0 Å². The molecule has 4 heterocycles. The number of fused-ring (bicyclic) bond motifs is 2. The van der Waals surface area contributed by atoms with Gasteiger partial charge in [-0.05, 0) is 24.1 Å². The molecule has 9 nitrogen and oxygen atoms in total. The molecule has 1 saturated heterocycles. The molecule has 11 heteroatoms. The number of aromatic amines is 1. The van der Waals surface area contributed by atoms with Gasteiger partial charge in [-0.2, -0.15) is 4.98 Å². The van der Waals surface area contributed by atoms with E-state index in [4.69, 9.17) is 0 Å². The van der Waals surface area contributed by atoms with Crippen molar-refractivity contribution in [2.75, 3.05) is 18.9 Å². The van der Waals surface area contributed by atoms with Gasteiger partial charge in [0.15, 0.2) is 0 Å². The van der Waals surface area contributed by atoms with E-state index < -0.39 is 13.0 Å². The van der Waals surface area contributed by atoms with E-state index in [1.807, 2.05) is 12.3 Å². The summed E-state index contributed by atoms with van der Waals surface area (Å²) in [5.74, 6) is 0.633. The molecule has 31 heavy (non-hydrogen) atoms. The predicted molar refractivity (Wildman–Crippen MR) is 111 cm³/mol. The van der Waals surface area contributed by atoms with E-state index in [9.17, 15) is 13.6 Å². The molecular formula is C20H20F2N8O. The number of hydrogen-bond donors (Lipinski definition) is 2. The number of carbonyl (C=O) groups is 1. The summed E-state index contributed by atoms with van der Waals surface area (Å²) in [6.45, 7) is 0.102. The van der Waals surface area contributed by atoms with E-state index in [-0.39, 0.29) is 11.9 Å². The lowest BCUT2D eigenvalue weighted by atomic mass is 10.1. The van der Waals surface area contributed by atoms with E-state index in [2.05, 4.69) is 30.6 Å². The molecule has 1 aliphatic heterocycles. The maximum Gasteiger partial charge on any atom is 0.258 e. The third-order valence-electron chi connectivity index (χ3n) is 5.53. The van der Waals surface area contributed by atoms with Crippen molar-refractivity contribution in [3.05, 3.63) is 30.6 Å². The summed E-state index contributed by atoms with van der Waals surface area (Å²) < 4.78 is 26.8. The molecule has 0 spiro atoms. The molecule has 0 bridgehead atoms. The fourth-order valence-corrected chi connectivity index (χ4v) is 3.93. The number of H-pyrrole nitrogens is 1. The maximum atomic E-state index is 12.8. The number of aromatic nitrogens is 6. The molecule has 1 atom stereocenters. The van der Waals surface area contributed by atoms with Gasteiger partial charge in [-0.3, -0.25) is 4.79 Å². The van der Waals surface area contributed by atoms with Crippen molar-refractivity contribution in [2.24, 2.45) is 0 Å². The molecule has 3 aromatic heterocycles. The zero-order valence-electron chi connectivity index (χ0n) is 16.7. The van der Waals surface area contributed by atoms with E-state index in [0.717, 1.165) is 22.9 Å². The minimum Gasteiger partial charge on any atom is -0.350 e. The number of piperidine rings is 1. The van der Waals surface area contributed by atoms with Crippen LogP contribution in [0.4, 0.5) is 14.7 Å². The van der Waals surface area contributed by atoms with Gasteiger partial charge in [-0.15, -0.1) is 5.10 Å². The molecule has 1 aromatic carbocycles. The Morgan fingerprint density at radius 1 is 1.35 bits per heavy atom. The Balaban J connectivity index is 1.43. The molecule has 4 aromatic rings. The Labute approximate surface area is 175 Å². The molecule has 1 amide bonds. The highest BCUT2D eigenvalue weighted by atomic mass is 19.3. The molecule has 160 valence electrons. The van der Waals surface area contributed by atoms with Gasteiger partial charge in [-0.25, -0.2) is 18.4 Å². The van der Waals surface area contributed by atoms with Gasteiger partial charge < -0.3 is 15.2 Å². The Bertz CT molecular complexity index is 1270.